The second kappa shape index (κ2) is 58.7. The Balaban J connectivity index is 1.65. The van der Waals surface area contributed by atoms with Gasteiger partial charge in [-0.1, -0.05) is 294 Å². The maximum Gasteiger partial charge on any atom is 0.220 e. The molecule has 0 aromatic heterocycles. The Morgan fingerprint density at radius 1 is 0.398 bits per heavy atom. The normalized spacial score (nSPS) is 23.4. The van der Waals surface area contributed by atoms with Gasteiger partial charge in [-0.15, -0.1) is 0 Å². The minimum Gasteiger partial charge on any atom is -0.394 e. The quantitative estimate of drug-likeness (QED) is 0.0204. The lowest BCUT2D eigenvalue weighted by Gasteiger charge is -2.46. The molecule has 2 aliphatic heterocycles. The van der Waals surface area contributed by atoms with E-state index in [1.807, 2.05) is 6.08 Å². The number of nitrogens with one attached hydrogen (secondary N) is 1. The number of aliphatic hydroxyl groups excluding tert-OH is 8. The van der Waals surface area contributed by atoms with Gasteiger partial charge in [0.25, 0.3) is 0 Å². The molecule has 516 valence electrons. The van der Waals surface area contributed by atoms with Crippen LogP contribution < -0.4 is 5.32 Å². The van der Waals surface area contributed by atoms with Crippen LogP contribution in [0, 0.1) is 0 Å². The monoisotopic (exact) mass is 1250 g/mol. The molecule has 0 spiro atoms. The van der Waals surface area contributed by atoms with Gasteiger partial charge in [0, 0.05) is 6.42 Å². The van der Waals surface area contributed by atoms with Gasteiger partial charge < -0.3 is 65.1 Å². The second-order valence-corrected chi connectivity index (χ2v) is 26.1. The summed E-state index contributed by atoms with van der Waals surface area (Å²) >= 11 is 0. The minimum absolute atomic E-state index is 0.248. The number of amides is 1. The Morgan fingerprint density at radius 3 is 1.11 bits per heavy atom. The molecule has 2 fully saturated rings. The average Bonchev–Trinajstić information content (AvgIpc) is 2.07. The third kappa shape index (κ3) is 42.2. The third-order valence-corrected chi connectivity index (χ3v) is 18.0. The van der Waals surface area contributed by atoms with Gasteiger partial charge in [0.1, 0.15) is 48.8 Å². The number of hydrogen-bond donors (Lipinski definition) is 9. The molecule has 88 heavy (non-hydrogen) atoms. The van der Waals surface area contributed by atoms with E-state index in [0.717, 1.165) is 44.9 Å². The summed E-state index contributed by atoms with van der Waals surface area (Å²) in [4.78, 5) is 13.3. The van der Waals surface area contributed by atoms with E-state index in [-0.39, 0.29) is 18.9 Å². The van der Waals surface area contributed by atoms with Gasteiger partial charge in [0.15, 0.2) is 12.6 Å². The Labute approximate surface area is 537 Å². The molecule has 12 atom stereocenters. The van der Waals surface area contributed by atoms with Crippen molar-refractivity contribution in [2.45, 2.75) is 396 Å². The fraction of sp³-hybridized carbons (Fsp3) is 0.878. The first-order valence-electron chi connectivity index (χ1n) is 36.9. The fourth-order valence-electron chi connectivity index (χ4n) is 12.1. The van der Waals surface area contributed by atoms with Gasteiger partial charge >= 0.3 is 0 Å². The number of allylic oxidation sites excluding steroid dienone is 7. The van der Waals surface area contributed by atoms with Gasteiger partial charge in [-0.25, -0.2) is 0 Å². The standard InChI is InChI=1S/C74H137NO13/c1-3-5-7-9-11-13-15-17-19-21-23-25-26-27-28-29-30-31-32-33-34-35-36-38-40-42-44-46-48-50-52-54-56-58-66(79)75-62(63(78)57-55-53-51-49-47-45-43-41-39-37-24-22-20-18-16-14-12-10-8-6-4-2)61-85-73-71(84)69(82)72(65(60-77)87-73)88-74-70(83)68(81)67(80)64(59-76)86-74/h21,23,39,41,47,49,55,57,62-65,67-74,76-78,80-84H,3-20,22,24-38,40,42-46,48,50-54,56,58-61H2,1-2H3,(H,75,79)/b23-21-,41-39+,49-47+,57-55+. The van der Waals surface area contributed by atoms with E-state index in [9.17, 15) is 45.6 Å². The maximum atomic E-state index is 13.3. The first-order valence-corrected chi connectivity index (χ1v) is 36.9. The predicted molar refractivity (Wildman–Crippen MR) is 360 cm³/mol. The summed E-state index contributed by atoms with van der Waals surface area (Å²) in [6.45, 7) is 2.81. The molecule has 0 bridgehead atoms. The van der Waals surface area contributed by atoms with Crippen LogP contribution in [0.1, 0.15) is 322 Å². The lowest BCUT2D eigenvalue weighted by Crippen LogP contribution is -2.65. The highest BCUT2D eigenvalue weighted by Crippen LogP contribution is 2.30. The highest BCUT2D eigenvalue weighted by Gasteiger charge is 2.51. The van der Waals surface area contributed by atoms with Crippen molar-refractivity contribution in [1.29, 1.82) is 0 Å². The summed E-state index contributed by atoms with van der Waals surface area (Å²) in [6, 6.07) is -0.938. The summed E-state index contributed by atoms with van der Waals surface area (Å²) in [6.07, 6.45) is 60.4. The number of aliphatic hydroxyl groups is 8. The Morgan fingerprint density at radius 2 is 0.727 bits per heavy atom. The Kier molecular flexibility index (Phi) is 54.8. The van der Waals surface area contributed by atoms with E-state index in [1.165, 1.54) is 244 Å². The molecule has 0 aromatic carbocycles. The summed E-state index contributed by atoms with van der Waals surface area (Å²) in [5, 5.41) is 87.4. The second-order valence-electron chi connectivity index (χ2n) is 26.1. The molecule has 12 unspecified atom stereocenters. The Hall–Kier alpha value is -2.05. The SMILES string of the molecule is CCCCCCCCCC/C=C\CCCCCCCCCCCCCCCCCCCCCCCC(=O)NC(COC1OC(CO)C(OC2OC(CO)C(O)C(O)C2O)C(O)C1O)C(O)/C=C/CC/C=C/CC/C=C/CCCCCCCCCCCCC. The van der Waals surface area contributed by atoms with Crippen molar-refractivity contribution in [2.75, 3.05) is 19.8 Å². The zero-order chi connectivity index (χ0) is 63.8. The van der Waals surface area contributed by atoms with Gasteiger partial charge in [0.2, 0.25) is 5.91 Å². The van der Waals surface area contributed by atoms with Crippen LogP contribution in [0.3, 0.4) is 0 Å². The van der Waals surface area contributed by atoms with Crippen molar-refractivity contribution in [3.05, 3.63) is 48.6 Å². The van der Waals surface area contributed by atoms with Crippen molar-refractivity contribution in [3.8, 4) is 0 Å². The maximum absolute atomic E-state index is 13.3. The van der Waals surface area contributed by atoms with Crippen LogP contribution in [0.15, 0.2) is 48.6 Å². The number of carbonyl (C=O) groups excluding carboxylic acids is 1. The predicted octanol–water partition coefficient (Wildman–Crippen LogP) is 15.5. The molecule has 0 saturated carbocycles. The van der Waals surface area contributed by atoms with E-state index in [2.05, 4.69) is 55.6 Å². The Bertz CT molecular complexity index is 1660. The van der Waals surface area contributed by atoms with Crippen LogP contribution in [0.25, 0.3) is 0 Å². The lowest BCUT2D eigenvalue weighted by molar-refractivity contribution is -0.359. The van der Waals surface area contributed by atoms with E-state index < -0.39 is 86.8 Å². The van der Waals surface area contributed by atoms with Crippen LogP contribution >= 0.6 is 0 Å². The highest BCUT2D eigenvalue weighted by molar-refractivity contribution is 5.76. The molecular formula is C74H137NO13. The molecule has 0 aliphatic carbocycles. The first kappa shape index (κ1) is 82.0. The molecule has 0 radical (unpaired) electrons. The molecule has 2 heterocycles. The third-order valence-electron chi connectivity index (χ3n) is 18.0. The van der Waals surface area contributed by atoms with E-state index in [0.29, 0.717) is 12.8 Å². The number of unbranched alkanes of at least 4 members (excludes halogenated alkanes) is 42. The molecule has 2 rings (SSSR count). The first-order chi connectivity index (χ1) is 43.1. The molecule has 9 N–H and O–H groups in total. The molecule has 14 heteroatoms. The van der Waals surface area contributed by atoms with Crippen molar-refractivity contribution < 1.29 is 64.6 Å². The topological polar surface area (TPSA) is 228 Å². The summed E-state index contributed by atoms with van der Waals surface area (Å²) in [7, 11) is 0. The molecule has 2 aliphatic rings. The molecular weight excluding hydrogens is 1110 g/mol. The van der Waals surface area contributed by atoms with Crippen molar-refractivity contribution in [1.82, 2.24) is 5.32 Å². The van der Waals surface area contributed by atoms with Crippen molar-refractivity contribution >= 4 is 5.91 Å². The van der Waals surface area contributed by atoms with Crippen LogP contribution in [-0.4, -0.2) is 140 Å². The zero-order valence-electron chi connectivity index (χ0n) is 56.2. The molecule has 0 aromatic rings. The zero-order valence-corrected chi connectivity index (χ0v) is 56.2. The van der Waals surface area contributed by atoms with Crippen molar-refractivity contribution in [2.24, 2.45) is 0 Å². The van der Waals surface area contributed by atoms with Crippen LogP contribution in [-0.2, 0) is 23.7 Å². The minimum atomic E-state index is -1.79. The lowest BCUT2D eigenvalue weighted by atomic mass is 9.97. The average molecular weight is 1250 g/mol. The van der Waals surface area contributed by atoms with Crippen LogP contribution in [0.5, 0.6) is 0 Å². The van der Waals surface area contributed by atoms with Gasteiger partial charge in [-0.05, 0) is 70.6 Å². The van der Waals surface area contributed by atoms with E-state index in [1.54, 1.807) is 6.08 Å². The smallest absolute Gasteiger partial charge is 0.220 e. The largest absolute Gasteiger partial charge is 0.394 e. The number of carbonyl (C=O) groups is 1. The van der Waals surface area contributed by atoms with E-state index >= 15 is 0 Å². The van der Waals surface area contributed by atoms with Crippen LogP contribution in [0.4, 0.5) is 0 Å². The van der Waals surface area contributed by atoms with Gasteiger partial charge in [-0.2, -0.15) is 0 Å². The summed E-state index contributed by atoms with van der Waals surface area (Å²) in [5.74, 6) is -0.248. The summed E-state index contributed by atoms with van der Waals surface area (Å²) in [5.41, 5.74) is 0. The van der Waals surface area contributed by atoms with Crippen molar-refractivity contribution in [3.63, 3.8) is 0 Å². The molecule has 1 amide bonds. The highest BCUT2D eigenvalue weighted by atomic mass is 16.7. The number of ether oxygens (including phenoxy) is 4. The summed E-state index contributed by atoms with van der Waals surface area (Å²) < 4.78 is 22.8. The number of hydrogen-bond acceptors (Lipinski definition) is 13. The fourth-order valence-corrected chi connectivity index (χ4v) is 12.1. The van der Waals surface area contributed by atoms with E-state index in [4.69, 9.17) is 18.9 Å². The molecule has 2 saturated heterocycles. The molecule has 14 nitrogen and oxygen atoms in total. The van der Waals surface area contributed by atoms with Gasteiger partial charge in [-0.3, -0.25) is 4.79 Å². The van der Waals surface area contributed by atoms with Crippen LogP contribution in [0.2, 0.25) is 0 Å². The number of rotatable bonds is 61. The van der Waals surface area contributed by atoms with Gasteiger partial charge in [0.05, 0.1) is 32.0 Å².